The third kappa shape index (κ3) is 2.01. The van der Waals surface area contributed by atoms with Crippen LogP contribution in [0.1, 0.15) is 5.56 Å². The Balaban J connectivity index is 0.000000720. The zero-order valence-corrected chi connectivity index (χ0v) is 12.9. The Labute approximate surface area is 125 Å². The van der Waals surface area contributed by atoms with Crippen molar-refractivity contribution in [1.29, 1.82) is 0 Å². The molecule has 1 heterocycles. The predicted molar refractivity (Wildman–Crippen MR) is 47.1 cm³/mol. The summed E-state index contributed by atoms with van der Waals surface area (Å²) in [5, 5.41) is 8.86. The summed E-state index contributed by atoms with van der Waals surface area (Å²) >= 11 is 4.25. The van der Waals surface area contributed by atoms with Gasteiger partial charge in [-0.05, 0) is 30.0 Å². The third-order valence-electron chi connectivity index (χ3n) is 1.67. The van der Waals surface area contributed by atoms with E-state index in [1.54, 1.807) is 6.20 Å². The van der Waals surface area contributed by atoms with E-state index < -0.39 is 0 Å². The van der Waals surface area contributed by atoms with Crippen LogP contribution < -0.4 is 63.3 Å². The Morgan fingerprint density at radius 2 is 2.17 bits per heavy atom. The van der Waals surface area contributed by atoms with E-state index in [1.165, 1.54) is 0 Å². The third-order valence-corrected chi connectivity index (χ3v) is 1.93. The number of nitrogens with zero attached hydrogens (tertiary/aromatic N) is 2. The minimum atomic E-state index is 0. The van der Waals surface area contributed by atoms with E-state index in [4.69, 9.17) is 0 Å². The molecule has 0 amide bonds. The molecule has 4 heteroatoms. The van der Waals surface area contributed by atoms with Crippen LogP contribution in [0.5, 0.6) is 0 Å². The number of thiol groups is 1. The zero-order chi connectivity index (χ0) is 7.84. The summed E-state index contributed by atoms with van der Waals surface area (Å²) in [5.41, 5.74) is 2.10. The van der Waals surface area contributed by atoms with Crippen molar-refractivity contribution in [1.82, 2.24) is 10.2 Å². The smallest absolute Gasteiger partial charge is 0.581 e. The maximum Gasteiger partial charge on any atom is 1.00 e. The second-order valence-electron chi connectivity index (χ2n) is 2.55. The number of fused-ring (bicyclic) bond motifs is 1. The summed E-state index contributed by atoms with van der Waals surface area (Å²) in [5.74, 6) is 0. The van der Waals surface area contributed by atoms with Gasteiger partial charge in [-0.3, -0.25) is 0 Å². The van der Waals surface area contributed by atoms with Crippen LogP contribution in [0.15, 0.2) is 23.2 Å². The van der Waals surface area contributed by atoms with Gasteiger partial charge in [0.15, 0.2) is 0 Å². The zero-order valence-electron chi connectivity index (χ0n) is 7.07. The van der Waals surface area contributed by atoms with Crippen LogP contribution >= 0.6 is 12.6 Å². The van der Waals surface area contributed by atoms with Crippen molar-refractivity contribution in [3.8, 4) is 0 Å². The second-order valence-corrected chi connectivity index (χ2v) is 3.06. The van der Waals surface area contributed by atoms with E-state index in [1.807, 2.05) is 19.1 Å². The Morgan fingerprint density at radius 3 is 2.92 bits per heavy atom. The normalized spacial score (nSPS) is 9.83. The second kappa shape index (κ2) is 4.37. The van der Waals surface area contributed by atoms with Gasteiger partial charge >= 0.3 is 58.2 Å². The maximum absolute atomic E-state index is 4.25. The van der Waals surface area contributed by atoms with E-state index in [0.717, 1.165) is 21.4 Å². The summed E-state index contributed by atoms with van der Waals surface area (Å²) in [6.07, 6.45) is 1.75. The Kier molecular flexibility index (Phi) is 3.98. The van der Waals surface area contributed by atoms with Crippen LogP contribution in [0.4, 0.5) is 0 Å². The molecule has 56 valence electrons. The summed E-state index contributed by atoms with van der Waals surface area (Å²) in [6.45, 7) is 2.01. The molecule has 0 saturated carbocycles. The van der Waals surface area contributed by atoms with Gasteiger partial charge in [0.25, 0.3) is 0 Å². The maximum atomic E-state index is 4.25. The molecule has 1 aromatic heterocycles. The molecule has 0 N–H and O–H groups in total. The molecule has 0 bridgehead atoms. The Morgan fingerprint density at radius 1 is 1.42 bits per heavy atom. The molecule has 0 atom stereocenters. The van der Waals surface area contributed by atoms with Crippen LogP contribution in [0.2, 0.25) is 0 Å². The van der Waals surface area contributed by atoms with Crippen molar-refractivity contribution in [2.24, 2.45) is 0 Å². The molecule has 0 aliphatic carbocycles. The summed E-state index contributed by atoms with van der Waals surface area (Å²) in [7, 11) is 0. The average molecular weight is 249 g/mol. The van der Waals surface area contributed by atoms with Crippen LogP contribution in [-0.4, -0.2) is 5.10 Å². The molecule has 2 rings (SSSR count). The molecule has 12 heavy (non-hydrogen) atoms. The van der Waals surface area contributed by atoms with Gasteiger partial charge in [0, 0.05) is 10.4 Å². The first kappa shape index (κ1) is 10.9. The molecule has 0 fully saturated rings. The van der Waals surface area contributed by atoms with Crippen molar-refractivity contribution in [2.45, 2.75) is 11.8 Å². The molecule has 0 saturated heterocycles. The number of benzene rings is 1. The quantitative estimate of drug-likeness (QED) is 0.593. The fraction of sp³-hybridized carbons (Fsp3) is 0.125. The van der Waals surface area contributed by atoms with E-state index in [9.17, 15) is 0 Å². The number of aromatic nitrogens is 2. The molecule has 0 spiro atoms. The predicted octanol–water partition coefficient (Wildman–Crippen LogP) is -1.21. The van der Waals surface area contributed by atoms with Crippen molar-refractivity contribution in [3.05, 3.63) is 23.9 Å². The van der Waals surface area contributed by atoms with Gasteiger partial charge in [-0.15, -0.1) is 12.6 Å². The van der Waals surface area contributed by atoms with Crippen molar-refractivity contribution in [3.63, 3.8) is 0 Å². The van der Waals surface area contributed by atoms with E-state index in [-0.39, 0.29) is 58.2 Å². The SMILES string of the molecule is Cc1cc(S)cc2c[n-]nc12.[Rb+]. The molecular formula is C8H7N2RbS. The van der Waals surface area contributed by atoms with Crippen LogP contribution in [0, 0.1) is 6.92 Å². The molecule has 1 aromatic carbocycles. The molecule has 0 radical (unpaired) electrons. The molecular weight excluding hydrogens is 242 g/mol. The minimum absolute atomic E-state index is 0. The van der Waals surface area contributed by atoms with Gasteiger partial charge in [0.05, 0.1) is 0 Å². The molecule has 0 aliphatic rings. The van der Waals surface area contributed by atoms with E-state index >= 15 is 0 Å². The first-order valence-corrected chi connectivity index (χ1v) is 3.80. The number of hydrogen-bond donors (Lipinski definition) is 1. The van der Waals surface area contributed by atoms with Crippen LogP contribution in [-0.2, 0) is 0 Å². The fourth-order valence-corrected chi connectivity index (χ4v) is 1.50. The van der Waals surface area contributed by atoms with Crippen molar-refractivity contribution >= 4 is 23.5 Å². The monoisotopic (exact) mass is 248 g/mol. The summed E-state index contributed by atoms with van der Waals surface area (Å²) in [4.78, 5) is 0.963. The summed E-state index contributed by atoms with van der Waals surface area (Å²) in [6, 6.07) is 3.95. The van der Waals surface area contributed by atoms with Gasteiger partial charge in [-0.1, -0.05) is 0 Å². The van der Waals surface area contributed by atoms with E-state index in [2.05, 4.69) is 22.8 Å². The van der Waals surface area contributed by atoms with Crippen LogP contribution in [0.25, 0.3) is 10.9 Å². The Hall–Kier alpha value is 0.845. The van der Waals surface area contributed by atoms with Crippen LogP contribution in [0.3, 0.4) is 0 Å². The van der Waals surface area contributed by atoms with Gasteiger partial charge < -0.3 is 10.2 Å². The number of rotatable bonds is 0. The summed E-state index contributed by atoms with van der Waals surface area (Å²) < 4.78 is 0. The van der Waals surface area contributed by atoms with Gasteiger partial charge in [0.2, 0.25) is 0 Å². The van der Waals surface area contributed by atoms with Crippen molar-refractivity contribution in [2.75, 3.05) is 0 Å². The Bertz CT molecular complexity index is 397. The molecule has 2 nitrogen and oxygen atoms in total. The first-order chi connectivity index (χ1) is 5.27. The molecule has 0 aliphatic heterocycles. The topological polar surface area (TPSA) is 27.0 Å². The molecule has 0 unspecified atom stereocenters. The van der Waals surface area contributed by atoms with E-state index in [0.29, 0.717) is 0 Å². The minimum Gasteiger partial charge on any atom is -0.581 e. The number of hydrogen-bond acceptors (Lipinski definition) is 2. The largest absolute Gasteiger partial charge is 1.00 e. The fourth-order valence-electron chi connectivity index (χ4n) is 1.17. The number of aryl methyl sites for hydroxylation is 1. The standard InChI is InChI=1S/C8H7N2S.Rb/c1-5-2-7(11)3-6-4-9-10-8(5)6;/h2-4H,1H3,(H-,9,10,11);/q-1;+1. The van der Waals surface area contributed by atoms with Gasteiger partial charge in [0.1, 0.15) is 0 Å². The van der Waals surface area contributed by atoms with Gasteiger partial charge in [-0.25, -0.2) is 0 Å². The van der Waals surface area contributed by atoms with Crippen molar-refractivity contribution < 1.29 is 58.2 Å². The first-order valence-electron chi connectivity index (χ1n) is 3.35. The molecule has 2 aromatic rings. The average Bonchev–Trinajstić information content (AvgIpc) is 2.34. The van der Waals surface area contributed by atoms with Gasteiger partial charge in [-0.2, -0.15) is 6.20 Å².